The van der Waals surface area contributed by atoms with Crippen molar-refractivity contribution in [1.29, 1.82) is 0 Å². The van der Waals surface area contributed by atoms with Gasteiger partial charge in [0.25, 0.3) is 5.82 Å². The van der Waals surface area contributed by atoms with E-state index >= 15 is 0 Å². The first kappa shape index (κ1) is 17.6. The summed E-state index contributed by atoms with van der Waals surface area (Å²) in [6, 6.07) is 4.78. The van der Waals surface area contributed by atoms with Crippen LogP contribution < -0.4 is 9.47 Å². The highest BCUT2D eigenvalue weighted by Crippen LogP contribution is 2.35. The summed E-state index contributed by atoms with van der Waals surface area (Å²) in [5.74, 6) is 2.49. The molecule has 5 nitrogen and oxygen atoms in total. The molecule has 0 radical (unpaired) electrons. The van der Waals surface area contributed by atoms with Crippen LogP contribution in [-0.4, -0.2) is 20.2 Å². The van der Waals surface area contributed by atoms with Gasteiger partial charge in [0.2, 0.25) is 5.82 Å². The fourth-order valence-electron chi connectivity index (χ4n) is 4.08. The maximum Gasteiger partial charge on any atom is 0.261 e. The lowest BCUT2D eigenvalue weighted by Gasteiger charge is -2.39. The second kappa shape index (κ2) is 5.97. The van der Waals surface area contributed by atoms with Crippen molar-refractivity contribution >= 4 is 5.82 Å². The first-order valence-corrected chi connectivity index (χ1v) is 9.10. The lowest BCUT2D eigenvalue weighted by Crippen LogP contribution is -2.49. The van der Waals surface area contributed by atoms with E-state index in [2.05, 4.69) is 116 Å². The minimum atomic E-state index is -0.0862. The molecule has 0 aliphatic carbocycles. The summed E-state index contributed by atoms with van der Waals surface area (Å²) in [5.41, 5.74) is 1.23. The topological polar surface area (TPSA) is 20.2 Å². The van der Waals surface area contributed by atoms with Crippen LogP contribution in [0.5, 0.6) is 0 Å². The average Bonchev–Trinajstić information content (AvgIpc) is 3.20. The van der Waals surface area contributed by atoms with Gasteiger partial charge < -0.3 is 9.47 Å². The third kappa shape index (κ3) is 2.66. The zero-order chi connectivity index (χ0) is 18.5. The van der Waals surface area contributed by atoms with E-state index in [1.807, 2.05) is 0 Å². The fraction of sp³-hybridized carbons (Fsp3) is 0.550. The third-order valence-corrected chi connectivity index (χ3v) is 5.69. The van der Waals surface area contributed by atoms with E-state index in [1.54, 1.807) is 0 Å². The molecule has 3 heterocycles. The minimum Gasteiger partial charge on any atom is -0.352 e. The van der Waals surface area contributed by atoms with Gasteiger partial charge in [-0.1, -0.05) is 0 Å². The Morgan fingerprint density at radius 3 is 2.40 bits per heavy atom. The Labute approximate surface area is 151 Å². The molecule has 0 bridgehead atoms. The van der Waals surface area contributed by atoms with Crippen LogP contribution in [0.25, 0.3) is 0 Å². The molecule has 0 saturated carbocycles. The molecule has 0 saturated heterocycles. The molecule has 0 unspecified atom stereocenters. The van der Waals surface area contributed by atoms with Crippen molar-refractivity contribution in [1.82, 2.24) is 14.0 Å². The Bertz CT molecular complexity index is 793. The molecule has 2 aromatic heterocycles. The second-order valence-electron chi connectivity index (χ2n) is 7.90. The molecule has 0 amide bonds. The molecule has 1 atom stereocenters. The molecule has 1 aliphatic rings. The summed E-state index contributed by atoms with van der Waals surface area (Å²) in [7, 11) is 4.26. The maximum absolute atomic E-state index is 2.43. The Kier molecular flexibility index (Phi) is 4.21. The van der Waals surface area contributed by atoms with Gasteiger partial charge >= 0.3 is 0 Å². The molecule has 0 spiro atoms. The van der Waals surface area contributed by atoms with Gasteiger partial charge in [-0.3, -0.25) is 4.57 Å². The average molecular weight is 343 g/mol. The lowest BCUT2D eigenvalue weighted by atomic mass is 9.98. The van der Waals surface area contributed by atoms with Crippen LogP contribution in [0.2, 0.25) is 0 Å². The van der Waals surface area contributed by atoms with E-state index in [4.69, 9.17) is 0 Å². The molecule has 0 N–H and O–H groups in total. The van der Waals surface area contributed by atoms with Crippen molar-refractivity contribution in [3.8, 4) is 0 Å². The SMILES string of the molecule is Cc1n(C(C)C)cc(N2C=CN(C(C)(C)c3cccn3C)[C@@H]2C)[n+]1C. The number of hydrogen-bond acceptors (Lipinski definition) is 2. The second-order valence-corrected chi connectivity index (χ2v) is 7.90. The van der Waals surface area contributed by atoms with Crippen LogP contribution in [-0.2, 0) is 19.6 Å². The van der Waals surface area contributed by atoms with Crippen molar-refractivity contribution in [2.45, 2.75) is 59.3 Å². The molecular weight excluding hydrogens is 310 g/mol. The molecule has 0 aromatic carbocycles. The van der Waals surface area contributed by atoms with Crippen molar-refractivity contribution in [2.24, 2.45) is 14.1 Å². The molecule has 0 fully saturated rings. The summed E-state index contributed by atoms with van der Waals surface area (Å²) in [5, 5.41) is 0. The Hall–Kier alpha value is -2.17. The molecule has 136 valence electrons. The zero-order valence-electron chi connectivity index (χ0n) is 16.9. The van der Waals surface area contributed by atoms with Crippen molar-refractivity contribution in [2.75, 3.05) is 4.90 Å². The van der Waals surface area contributed by atoms with Crippen molar-refractivity contribution in [3.63, 3.8) is 0 Å². The summed E-state index contributed by atoms with van der Waals surface area (Å²) >= 11 is 0. The zero-order valence-corrected chi connectivity index (χ0v) is 16.9. The van der Waals surface area contributed by atoms with E-state index in [-0.39, 0.29) is 11.7 Å². The van der Waals surface area contributed by atoms with Gasteiger partial charge in [-0.15, -0.1) is 0 Å². The van der Waals surface area contributed by atoms with E-state index in [9.17, 15) is 0 Å². The molecule has 1 aliphatic heterocycles. The highest BCUT2D eigenvalue weighted by Gasteiger charge is 2.40. The third-order valence-electron chi connectivity index (χ3n) is 5.69. The Morgan fingerprint density at radius 1 is 1.20 bits per heavy atom. The molecular formula is C20H32N5+. The molecule has 3 rings (SSSR count). The van der Waals surface area contributed by atoms with Crippen LogP contribution in [0, 0.1) is 6.92 Å². The predicted octanol–water partition coefficient (Wildman–Crippen LogP) is 3.41. The van der Waals surface area contributed by atoms with Gasteiger partial charge in [0, 0.05) is 32.1 Å². The Morgan fingerprint density at radius 2 is 1.88 bits per heavy atom. The van der Waals surface area contributed by atoms with Gasteiger partial charge in [0.05, 0.1) is 24.8 Å². The Balaban J connectivity index is 1.93. The standard InChI is InChI=1S/C20H32N5/c1-15(2)24-14-19(22(8)16(24)3)23-12-13-25(17(23)4)20(5,6)18-10-9-11-21(18)7/h9-15,17H,1-8H3/q+1/t17-/m1/s1. The number of aromatic nitrogens is 3. The molecule has 5 heteroatoms. The highest BCUT2D eigenvalue weighted by atomic mass is 15.4. The monoisotopic (exact) mass is 342 g/mol. The highest BCUT2D eigenvalue weighted by molar-refractivity contribution is 5.41. The van der Waals surface area contributed by atoms with Gasteiger partial charge in [-0.25, -0.2) is 9.47 Å². The fourth-order valence-corrected chi connectivity index (χ4v) is 4.08. The van der Waals surface area contributed by atoms with Gasteiger partial charge in [-0.2, -0.15) is 0 Å². The number of anilines is 1. The van der Waals surface area contributed by atoms with E-state index in [0.29, 0.717) is 6.04 Å². The smallest absolute Gasteiger partial charge is 0.261 e. The summed E-state index contributed by atoms with van der Waals surface area (Å²) < 4.78 is 6.82. The summed E-state index contributed by atoms with van der Waals surface area (Å²) in [6.07, 6.45) is 9.05. The number of hydrogen-bond donors (Lipinski definition) is 0. The normalized spacial score (nSPS) is 18.0. The van der Waals surface area contributed by atoms with Gasteiger partial charge in [0.1, 0.15) is 6.20 Å². The minimum absolute atomic E-state index is 0.0862. The first-order chi connectivity index (χ1) is 11.7. The number of imidazole rings is 1. The quantitative estimate of drug-likeness (QED) is 0.794. The number of rotatable bonds is 4. The number of nitrogens with zero attached hydrogens (tertiary/aromatic N) is 5. The van der Waals surface area contributed by atoms with Crippen LogP contribution in [0.1, 0.15) is 52.2 Å². The van der Waals surface area contributed by atoms with Crippen molar-refractivity contribution in [3.05, 3.63) is 48.4 Å². The van der Waals surface area contributed by atoms with Gasteiger partial charge in [0.15, 0.2) is 6.17 Å². The van der Waals surface area contributed by atoms with Gasteiger partial charge in [-0.05, 0) is 46.8 Å². The summed E-state index contributed by atoms with van der Waals surface area (Å²) in [6.45, 7) is 13.5. The molecule has 25 heavy (non-hydrogen) atoms. The van der Waals surface area contributed by atoms with Crippen LogP contribution in [0.4, 0.5) is 5.82 Å². The van der Waals surface area contributed by atoms with E-state index in [0.717, 1.165) is 0 Å². The maximum atomic E-state index is 2.43. The lowest BCUT2D eigenvalue weighted by molar-refractivity contribution is -0.665. The van der Waals surface area contributed by atoms with Crippen LogP contribution in [0.3, 0.4) is 0 Å². The number of aryl methyl sites for hydroxylation is 1. The summed E-state index contributed by atoms with van der Waals surface area (Å²) in [4.78, 5) is 4.79. The van der Waals surface area contributed by atoms with Crippen LogP contribution in [0.15, 0.2) is 36.9 Å². The first-order valence-electron chi connectivity index (χ1n) is 9.10. The van der Waals surface area contributed by atoms with Crippen molar-refractivity contribution < 1.29 is 4.57 Å². The van der Waals surface area contributed by atoms with E-state index in [1.165, 1.54) is 17.3 Å². The predicted molar refractivity (Wildman–Crippen MR) is 102 cm³/mol. The van der Waals surface area contributed by atoms with Crippen LogP contribution >= 0.6 is 0 Å². The van der Waals surface area contributed by atoms with E-state index < -0.39 is 0 Å². The molecule has 2 aromatic rings. The largest absolute Gasteiger partial charge is 0.352 e.